The fourth-order valence-electron chi connectivity index (χ4n) is 2.29. The van der Waals surface area contributed by atoms with Crippen molar-refractivity contribution in [3.63, 3.8) is 0 Å². The molecular formula is C17H17NO4. The van der Waals surface area contributed by atoms with Gasteiger partial charge in [-0.2, -0.15) is 0 Å². The number of aromatic nitrogens is 1. The second kappa shape index (κ2) is 6.85. The number of carbonyl (C=O) groups is 3. The van der Waals surface area contributed by atoms with Crippen LogP contribution in [0.5, 0.6) is 0 Å². The number of carbonyl (C=O) groups excluding carboxylic acids is 2. The van der Waals surface area contributed by atoms with Crippen molar-refractivity contribution < 1.29 is 19.5 Å². The van der Waals surface area contributed by atoms with E-state index in [9.17, 15) is 14.4 Å². The number of rotatable bonds is 7. The molecule has 2 rings (SSSR count). The molecule has 0 saturated carbocycles. The van der Waals surface area contributed by atoms with Crippen LogP contribution >= 0.6 is 0 Å². The third-order valence-corrected chi connectivity index (χ3v) is 3.59. The topological polar surface area (TPSA) is 76.4 Å². The molecule has 1 aromatic heterocycles. The Morgan fingerprint density at radius 1 is 1.14 bits per heavy atom. The lowest BCUT2D eigenvalue weighted by Crippen LogP contribution is -2.09. The number of hydrogen-bond donors (Lipinski definition) is 1. The number of hydrogen-bond acceptors (Lipinski definition) is 3. The van der Waals surface area contributed by atoms with Crippen LogP contribution in [0.1, 0.15) is 33.7 Å². The molecule has 0 atom stereocenters. The lowest BCUT2D eigenvalue weighted by atomic mass is 10.0. The van der Waals surface area contributed by atoms with Gasteiger partial charge in [0.15, 0.2) is 0 Å². The van der Waals surface area contributed by atoms with E-state index in [2.05, 4.69) is 0 Å². The fourth-order valence-corrected chi connectivity index (χ4v) is 2.29. The summed E-state index contributed by atoms with van der Waals surface area (Å²) in [7, 11) is 1.76. The smallest absolute Gasteiger partial charge is 0.303 e. The molecule has 0 unspecified atom stereocenters. The Kier molecular flexibility index (Phi) is 4.88. The Labute approximate surface area is 128 Å². The lowest BCUT2D eigenvalue weighted by Gasteiger charge is -2.06. The fraction of sp³-hybridized carbons (Fsp3) is 0.235. The van der Waals surface area contributed by atoms with E-state index in [4.69, 9.17) is 5.11 Å². The molecular weight excluding hydrogens is 282 g/mol. The normalized spacial score (nSPS) is 10.4. The van der Waals surface area contributed by atoms with Gasteiger partial charge in [0.25, 0.3) is 0 Å². The van der Waals surface area contributed by atoms with Crippen molar-refractivity contribution in [3.8, 4) is 0 Å². The van der Waals surface area contributed by atoms with Crippen LogP contribution in [0.3, 0.4) is 0 Å². The maximum absolute atomic E-state index is 12.5. The molecule has 22 heavy (non-hydrogen) atoms. The van der Waals surface area contributed by atoms with Gasteiger partial charge >= 0.3 is 5.97 Å². The first kappa shape index (κ1) is 15.7. The molecule has 0 spiro atoms. The average Bonchev–Trinajstić information content (AvgIpc) is 2.87. The van der Waals surface area contributed by atoms with Crippen LogP contribution in [-0.2, 0) is 29.5 Å². The molecule has 0 saturated heterocycles. The summed E-state index contributed by atoms with van der Waals surface area (Å²) in [6.07, 6.45) is 1.59. The van der Waals surface area contributed by atoms with Gasteiger partial charge in [0.05, 0.1) is 5.69 Å². The summed E-state index contributed by atoms with van der Waals surface area (Å²) in [6, 6.07) is 10.4. The Balaban J connectivity index is 2.16. The van der Waals surface area contributed by atoms with Crippen molar-refractivity contribution in [2.24, 2.45) is 7.05 Å². The van der Waals surface area contributed by atoms with Gasteiger partial charge in [0, 0.05) is 31.1 Å². The summed E-state index contributed by atoms with van der Waals surface area (Å²) < 4.78 is 1.72. The minimum Gasteiger partial charge on any atom is -0.481 e. The standard InChI is InChI=1S/C17H17NO4/c1-18-14(10-11-19)7-8-15(18)17(22)13-5-2-12(3-6-13)4-9-16(20)21/h2-3,5-8,11H,4,9-10H2,1H3,(H,20,21). The molecule has 0 aliphatic heterocycles. The molecule has 114 valence electrons. The van der Waals surface area contributed by atoms with Crippen LogP contribution in [0.4, 0.5) is 0 Å². The maximum atomic E-state index is 12.5. The molecule has 1 heterocycles. The molecule has 2 aromatic rings. The van der Waals surface area contributed by atoms with Crippen molar-refractivity contribution >= 4 is 18.0 Å². The minimum absolute atomic E-state index is 0.0696. The highest BCUT2D eigenvalue weighted by Crippen LogP contribution is 2.15. The van der Waals surface area contributed by atoms with Crippen molar-refractivity contribution in [1.82, 2.24) is 4.57 Å². The summed E-state index contributed by atoms with van der Waals surface area (Å²) in [5.41, 5.74) is 2.73. The predicted octanol–water partition coefficient (Wildman–Crippen LogP) is 2.01. The molecule has 1 aromatic carbocycles. The molecule has 1 N–H and O–H groups in total. The largest absolute Gasteiger partial charge is 0.481 e. The third kappa shape index (κ3) is 3.49. The monoisotopic (exact) mass is 299 g/mol. The van der Waals surface area contributed by atoms with Crippen LogP contribution in [-0.4, -0.2) is 27.7 Å². The van der Waals surface area contributed by atoms with Gasteiger partial charge in [-0.15, -0.1) is 0 Å². The highest BCUT2D eigenvalue weighted by molar-refractivity contribution is 6.08. The summed E-state index contributed by atoms with van der Waals surface area (Å²) in [5, 5.41) is 8.66. The number of aliphatic carboxylic acids is 1. The highest BCUT2D eigenvalue weighted by Gasteiger charge is 2.14. The average molecular weight is 299 g/mol. The minimum atomic E-state index is -0.841. The van der Waals surface area contributed by atoms with Crippen LogP contribution in [0.15, 0.2) is 36.4 Å². The van der Waals surface area contributed by atoms with Crippen LogP contribution in [0, 0.1) is 0 Å². The zero-order chi connectivity index (χ0) is 16.1. The van der Waals surface area contributed by atoms with Gasteiger partial charge in [-0.05, 0) is 24.1 Å². The van der Waals surface area contributed by atoms with E-state index in [0.717, 1.165) is 17.5 Å². The van der Waals surface area contributed by atoms with Crippen molar-refractivity contribution in [2.45, 2.75) is 19.3 Å². The molecule has 0 fully saturated rings. The number of aryl methyl sites for hydroxylation is 1. The van der Waals surface area contributed by atoms with Gasteiger partial charge in [0.1, 0.15) is 6.29 Å². The zero-order valence-corrected chi connectivity index (χ0v) is 12.3. The van der Waals surface area contributed by atoms with E-state index < -0.39 is 5.97 Å². The molecule has 0 aliphatic carbocycles. The van der Waals surface area contributed by atoms with E-state index in [1.807, 2.05) is 0 Å². The summed E-state index contributed by atoms with van der Waals surface area (Å²) in [6.45, 7) is 0. The summed E-state index contributed by atoms with van der Waals surface area (Å²) in [5.74, 6) is -0.962. The third-order valence-electron chi connectivity index (χ3n) is 3.59. The van der Waals surface area contributed by atoms with E-state index in [0.29, 0.717) is 17.7 Å². The maximum Gasteiger partial charge on any atom is 0.303 e. The molecule has 0 bridgehead atoms. The van der Waals surface area contributed by atoms with Gasteiger partial charge in [-0.25, -0.2) is 0 Å². The van der Waals surface area contributed by atoms with Crippen LogP contribution in [0.25, 0.3) is 0 Å². The molecule has 0 amide bonds. The summed E-state index contributed by atoms with van der Waals surface area (Å²) in [4.78, 5) is 33.6. The first-order chi connectivity index (χ1) is 10.5. The van der Waals surface area contributed by atoms with Crippen LogP contribution < -0.4 is 0 Å². The first-order valence-corrected chi connectivity index (χ1v) is 6.96. The Morgan fingerprint density at radius 3 is 2.41 bits per heavy atom. The Hall–Kier alpha value is -2.69. The second-order valence-electron chi connectivity index (χ2n) is 5.06. The highest BCUT2D eigenvalue weighted by atomic mass is 16.4. The Bertz CT molecular complexity index is 698. The number of benzene rings is 1. The number of aldehydes is 1. The number of carboxylic acids is 1. The molecule has 5 heteroatoms. The van der Waals surface area contributed by atoms with E-state index in [-0.39, 0.29) is 18.6 Å². The zero-order valence-electron chi connectivity index (χ0n) is 12.3. The molecule has 0 radical (unpaired) electrons. The predicted molar refractivity (Wildman–Crippen MR) is 81.0 cm³/mol. The van der Waals surface area contributed by atoms with Gasteiger partial charge in [0.2, 0.25) is 5.78 Å². The number of nitrogens with zero attached hydrogens (tertiary/aromatic N) is 1. The first-order valence-electron chi connectivity index (χ1n) is 6.96. The second-order valence-corrected chi connectivity index (χ2v) is 5.06. The SMILES string of the molecule is Cn1c(CC=O)ccc1C(=O)c1ccc(CCC(=O)O)cc1. The number of ketones is 1. The van der Waals surface area contributed by atoms with Crippen LogP contribution in [0.2, 0.25) is 0 Å². The molecule has 5 nitrogen and oxygen atoms in total. The quantitative estimate of drug-likeness (QED) is 0.627. The van der Waals surface area contributed by atoms with E-state index in [1.54, 1.807) is 48.0 Å². The van der Waals surface area contributed by atoms with Gasteiger partial charge in [-0.1, -0.05) is 24.3 Å². The van der Waals surface area contributed by atoms with E-state index >= 15 is 0 Å². The Morgan fingerprint density at radius 2 is 1.82 bits per heavy atom. The lowest BCUT2D eigenvalue weighted by molar-refractivity contribution is -0.137. The van der Waals surface area contributed by atoms with E-state index in [1.165, 1.54) is 0 Å². The van der Waals surface area contributed by atoms with Crippen molar-refractivity contribution in [2.75, 3.05) is 0 Å². The van der Waals surface area contributed by atoms with Gasteiger partial charge < -0.3 is 14.5 Å². The molecule has 0 aliphatic rings. The van der Waals surface area contributed by atoms with Crippen molar-refractivity contribution in [3.05, 3.63) is 58.9 Å². The van der Waals surface area contributed by atoms with Crippen molar-refractivity contribution in [1.29, 1.82) is 0 Å². The summed E-state index contributed by atoms with van der Waals surface area (Å²) >= 11 is 0. The van der Waals surface area contributed by atoms with Gasteiger partial charge in [-0.3, -0.25) is 9.59 Å². The number of carboxylic acid groups (broad SMARTS) is 1.